The summed E-state index contributed by atoms with van der Waals surface area (Å²) in [6.45, 7) is 0.317. The maximum absolute atomic E-state index is 11.1. The molecule has 0 radical (unpaired) electrons. The molecule has 2 aromatic rings. The van der Waals surface area contributed by atoms with E-state index in [1.165, 1.54) is 6.07 Å². The van der Waals surface area contributed by atoms with Crippen molar-refractivity contribution in [2.24, 2.45) is 5.10 Å². The largest absolute Gasteiger partial charge is 0.487 e. The summed E-state index contributed by atoms with van der Waals surface area (Å²) in [7, 11) is 0. The molecule has 6 heteroatoms. The Kier molecular flexibility index (Phi) is 3.50. The van der Waals surface area contributed by atoms with Crippen molar-refractivity contribution < 1.29 is 14.6 Å². The van der Waals surface area contributed by atoms with Gasteiger partial charge in [-0.15, -0.1) is 0 Å². The molecular weight excluding hydrogens is 292 g/mol. The molecule has 0 fully saturated rings. The minimum atomic E-state index is -1.01. The van der Waals surface area contributed by atoms with Crippen LogP contribution in [0.4, 0.5) is 5.69 Å². The van der Waals surface area contributed by atoms with Crippen LogP contribution in [-0.2, 0) is 0 Å². The first-order valence-electron chi connectivity index (χ1n) is 6.23. The van der Waals surface area contributed by atoms with Crippen LogP contribution in [0.15, 0.2) is 47.6 Å². The molecule has 5 nitrogen and oxygen atoms in total. The Bertz CT molecular complexity index is 743. The molecule has 0 aliphatic carbocycles. The molecule has 2 N–H and O–H groups in total. The quantitative estimate of drug-likeness (QED) is 0.854. The highest BCUT2D eigenvalue weighted by atomic mass is 35.5. The molecule has 0 bridgehead atoms. The monoisotopic (exact) mass is 302 g/mol. The standard InChI is InChI=1S/C15H11ClN2O3/c16-9-5-6-14-11(7-9)13(8-21-14)18-17-12-4-2-1-3-10(12)15(19)20/h1-7,17H,8H2,(H,19,20). The summed E-state index contributed by atoms with van der Waals surface area (Å²) < 4.78 is 5.49. The zero-order valence-corrected chi connectivity index (χ0v) is 11.6. The summed E-state index contributed by atoms with van der Waals surface area (Å²) >= 11 is 5.96. The molecule has 2 aromatic carbocycles. The third kappa shape index (κ3) is 2.68. The van der Waals surface area contributed by atoms with E-state index in [0.717, 1.165) is 5.56 Å². The third-order valence-electron chi connectivity index (χ3n) is 3.09. The summed E-state index contributed by atoms with van der Waals surface area (Å²) in [5.41, 5.74) is 4.85. The number of hydrogen-bond donors (Lipinski definition) is 2. The Morgan fingerprint density at radius 2 is 2.10 bits per heavy atom. The third-order valence-corrected chi connectivity index (χ3v) is 3.32. The lowest BCUT2D eigenvalue weighted by Gasteiger charge is -2.05. The van der Waals surface area contributed by atoms with Crippen LogP contribution in [-0.4, -0.2) is 23.4 Å². The predicted molar refractivity (Wildman–Crippen MR) is 80.5 cm³/mol. The maximum Gasteiger partial charge on any atom is 0.337 e. The molecular formula is C15H11ClN2O3. The average molecular weight is 303 g/mol. The van der Waals surface area contributed by atoms with E-state index >= 15 is 0 Å². The second-order valence-electron chi connectivity index (χ2n) is 4.45. The number of hydrazone groups is 1. The number of nitrogens with zero attached hydrogens (tertiary/aromatic N) is 1. The lowest BCUT2D eigenvalue weighted by atomic mass is 10.1. The van der Waals surface area contributed by atoms with Gasteiger partial charge >= 0.3 is 5.97 Å². The van der Waals surface area contributed by atoms with Gasteiger partial charge in [-0.2, -0.15) is 5.10 Å². The fourth-order valence-electron chi connectivity index (χ4n) is 2.06. The summed E-state index contributed by atoms with van der Waals surface area (Å²) in [5.74, 6) is -0.295. The Labute approximate surface area is 125 Å². The lowest BCUT2D eigenvalue weighted by molar-refractivity contribution is 0.0698. The van der Waals surface area contributed by atoms with E-state index < -0.39 is 5.97 Å². The number of halogens is 1. The fraction of sp³-hybridized carbons (Fsp3) is 0.0667. The first-order chi connectivity index (χ1) is 10.1. The van der Waals surface area contributed by atoms with Crippen molar-refractivity contribution >= 4 is 29.0 Å². The van der Waals surface area contributed by atoms with Gasteiger partial charge in [0.25, 0.3) is 0 Å². The summed E-state index contributed by atoms with van der Waals surface area (Å²) in [6, 6.07) is 11.9. The zero-order valence-electron chi connectivity index (χ0n) is 10.8. The van der Waals surface area contributed by atoms with Gasteiger partial charge in [-0.3, -0.25) is 5.43 Å². The van der Waals surface area contributed by atoms with Crippen molar-refractivity contribution in [3.05, 3.63) is 58.6 Å². The van der Waals surface area contributed by atoms with E-state index in [9.17, 15) is 4.79 Å². The number of carboxylic acids is 1. The van der Waals surface area contributed by atoms with Crippen molar-refractivity contribution in [3.63, 3.8) is 0 Å². The second kappa shape index (κ2) is 5.46. The van der Waals surface area contributed by atoms with Crippen molar-refractivity contribution in [2.45, 2.75) is 0 Å². The number of aromatic carboxylic acids is 1. The van der Waals surface area contributed by atoms with E-state index in [2.05, 4.69) is 10.5 Å². The molecule has 0 saturated heterocycles. The van der Waals surface area contributed by atoms with Gasteiger partial charge in [0.05, 0.1) is 11.3 Å². The number of rotatable bonds is 3. The number of para-hydroxylation sites is 1. The molecule has 21 heavy (non-hydrogen) atoms. The van der Waals surface area contributed by atoms with Crippen LogP contribution in [0.5, 0.6) is 5.75 Å². The van der Waals surface area contributed by atoms with Gasteiger partial charge in [-0.25, -0.2) is 4.79 Å². The number of nitrogens with one attached hydrogen (secondary N) is 1. The highest BCUT2D eigenvalue weighted by molar-refractivity contribution is 6.31. The molecule has 0 atom stereocenters. The van der Waals surface area contributed by atoms with E-state index in [-0.39, 0.29) is 5.56 Å². The van der Waals surface area contributed by atoms with E-state index in [1.54, 1.807) is 36.4 Å². The molecule has 0 spiro atoms. The highest BCUT2D eigenvalue weighted by Gasteiger charge is 2.20. The number of carbonyl (C=O) groups is 1. The van der Waals surface area contributed by atoms with E-state index in [1.807, 2.05) is 0 Å². The van der Waals surface area contributed by atoms with Crippen LogP contribution in [0.25, 0.3) is 0 Å². The van der Waals surface area contributed by atoms with Crippen molar-refractivity contribution in [2.75, 3.05) is 12.0 Å². The zero-order chi connectivity index (χ0) is 14.8. The Hall–Kier alpha value is -2.53. The van der Waals surface area contributed by atoms with Crippen LogP contribution in [0.1, 0.15) is 15.9 Å². The smallest absolute Gasteiger partial charge is 0.337 e. The lowest BCUT2D eigenvalue weighted by Crippen LogP contribution is -2.08. The van der Waals surface area contributed by atoms with Crippen molar-refractivity contribution in [1.82, 2.24) is 0 Å². The Morgan fingerprint density at radius 3 is 2.90 bits per heavy atom. The molecule has 0 aromatic heterocycles. The predicted octanol–water partition coefficient (Wildman–Crippen LogP) is 3.25. The SMILES string of the molecule is O=C(O)c1ccccc1NN=C1COc2ccc(Cl)cc21. The van der Waals surface area contributed by atoms with Crippen LogP contribution < -0.4 is 10.2 Å². The van der Waals surface area contributed by atoms with Crippen LogP contribution >= 0.6 is 11.6 Å². The van der Waals surface area contributed by atoms with Crippen molar-refractivity contribution in [1.29, 1.82) is 0 Å². The number of anilines is 1. The van der Waals surface area contributed by atoms with Crippen LogP contribution in [0, 0.1) is 0 Å². The summed E-state index contributed by atoms with van der Waals surface area (Å²) in [4.78, 5) is 11.1. The van der Waals surface area contributed by atoms with Gasteiger partial charge in [0, 0.05) is 10.6 Å². The molecule has 1 heterocycles. The number of hydrogen-bond acceptors (Lipinski definition) is 4. The van der Waals surface area contributed by atoms with Crippen molar-refractivity contribution in [3.8, 4) is 5.75 Å². The maximum atomic E-state index is 11.1. The number of ether oxygens (including phenoxy) is 1. The van der Waals surface area contributed by atoms with Gasteiger partial charge in [-0.1, -0.05) is 23.7 Å². The second-order valence-corrected chi connectivity index (χ2v) is 4.89. The van der Waals surface area contributed by atoms with Crippen LogP contribution in [0.2, 0.25) is 5.02 Å². The van der Waals surface area contributed by atoms with Gasteiger partial charge < -0.3 is 9.84 Å². The minimum Gasteiger partial charge on any atom is -0.487 e. The number of carboxylic acid groups (broad SMARTS) is 1. The van der Waals surface area contributed by atoms with Crippen LogP contribution in [0.3, 0.4) is 0 Å². The topological polar surface area (TPSA) is 70.9 Å². The fourth-order valence-corrected chi connectivity index (χ4v) is 2.24. The molecule has 0 amide bonds. The Morgan fingerprint density at radius 1 is 1.29 bits per heavy atom. The molecule has 1 aliphatic rings. The summed E-state index contributed by atoms with van der Waals surface area (Å²) in [6.07, 6.45) is 0. The molecule has 0 saturated carbocycles. The van der Waals surface area contributed by atoms with E-state index in [4.69, 9.17) is 21.4 Å². The molecule has 106 valence electrons. The van der Waals surface area contributed by atoms with E-state index in [0.29, 0.717) is 28.8 Å². The normalized spacial score (nSPS) is 14.6. The van der Waals surface area contributed by atoms with Gasteiger partial charge in [0.2, 0.25) is 0 Å². The minimum absolute atomic E-state index is 0.159. The van der Waals surface area contributed by atoms with Gasteiger partial charge in [-0.05, 0) is 30.3 Å². The summed E-state index contributed by atoms with van der Waals surface area (Å²) in [5, 5.41) is 14.0. The highest BCUT2D eigenvalue weighted by Crippen LogP contribution is 2.28. The average Bonchev–Trinajstić information content (AvgIpc) is 2.87. The number of fused-ring (bicyclic) bond motifs is 1. The first kappa shape index (κ1) is 13.5. The molecule has 1 aliphatic heterocycles. The van der Waals surface area contributed by atoms with Gasteiger partial charge in [0.15, 0.2) is 0 Å². The Balaban J connectivity index is 1.89. The molecule has 3 rings (SSSR count). The molecule has 0 unspecified atom stereocenters. The number of benzene rings is 2. The van der Waals surface area contributed by atoms with Gasteiger partial charge in [0.1, 0.15) is 18.1 Å². The first-order valence-corrected chi connectivity index (χ1v) is 6.60.